The molecule has 1 aromatic heterocycles. The van der Waals surface area contributed by atoms with E-state index in [2.05, 4.69) is 14.9 Å². The van der Waals surface area contributed by atoms with Gasteiger partial charge in [-0.25, -0.2) is 13.4 Å². The normalized spacial score (nSPS) is 15.3. The summed E-state index contributed by atoms with van der Waals surface area (Å²) in [6.45, 7) is 1.69. The maximum absolute atomic E-state index is 12.1. The maximum atomic E-state index is 12.1. The molecule has 6 nitrogen and oxygen atoms in total. The first-order valence-corrected chi connectivity index (χ1v) is 9.87. The van der Waals surface area contributed by atoms with Crippen LogP contribution in [0.2, 0.25) is 10.0 Å². The van der Waals surface area contributed by atoms with Gasteiger partial charge in [-0.3, -0.25) is 14.7 Å². The molecule has 0 saturated heterocycles. The Morgan fingerprint density at radius 3 is 2.71 bits per heavy atom. The fourth-order valence-electron chi connectivity index (χ4n) is 2.68. The number of hydrogen-bond donors (Lipinski definition) is 1. The van der Waals surface area contributed by atoms with Gasteiger partial charge in [0.15, 0.2) is 0 Å². The van der Waals surface area contributed by atoms with Crippen molar-refractivity contribution >= 4 is 33.0 Å². The van der Waals surface area contributed by atoms with Crippen LogP contribution in [-0.4, -0.2) is 36.1 Å². The Bertz CT molecular complexity index is 957. The highest BCUT2D eigenvalue weighted by Crippen LogP contribution is 2.24. The van der Waals surface area contributed by atoms with E-state index in [0.29, 0.717) is 47.4 Å². The first-order valence-electron chi connectivity index (χ1n) is 7.22. The van der Waals surface area contributed by atoms with Crippen molar-refractivity contribution in [2.24, 2.45) is 0 Å². The molecule has 0 radical (unpaired) electrons. The Morgan fingerprint density at radius 1 is 1.29 bits per heavy atom. The summed E-state index contributed by atoms with van der Waals surface area (Å²) in [7, 11) is -3.56. The van der Waals surface area contributed by atoms with Crippen LogP contribution in [-0.2, 0) is 29.3 Å². The number of fused-ring (bicyclic) bond motifs is 1. The number of nitrogens with zero attached hydrogens (tertiary/aromatic N) is 2. The molecule has 0 amide bonds. The van der Waals surface area contributed by atoms with Crippen LogP contribution in [0.3, 0.4) is 0 Å². The molecule has 128 valence electrons. The Labute approximate surface area is 149 Å². The molecule has 1 aliphatic heterocycles. The van der Waals surface area contributed by atoms with Gasteiger partial charge in [0.25, 0.3) is 5.56 Å². The average Bonchev–Trinajstić information content (AvgIpc) is 2.50. The molecule has 0 bridgehead atoms. The summed E-state index contributed by atoms with van der Waals surface area (Å²) in [6, 6.07) is 5.42. The average molecular weight is 388 g/mol. The number of halogens is 2. The maximum Gasteiger partial charge on any atom is 0.255 e. The second kappa shape index (κ2) is 6.48. The van der Waals surface area contributed by atoms with Gasteiger partial charge in [0.05, 0.1) is 15.7 Å². The topological polar surface area (TPSA) is 83.1 Å². The van der Waals surface area contributed by atoms with E-state index in [1.54, 1.807) is 12.1 Å². The van der Waals surface area contributed by atoms with Gasteiger partial charge in [0, 0.05) is 31.5 Å². The molecular formula is C15H15Cl2N3O3S. The van der Waals surface area contributed by atoms with Crippen molar-refractivity contribution in [3.63, 3.8) is 0 Å². The van der Waals surface area contributed by atoms with Gasteiger partial charge in [0.2, 0.25) is 15.0 Å². The van der Waals surface area contributed by atoms with Crippen molar-refractivity contribution in [2.45, 2.75) is 24.7 Å². The van der Waals surface area contributed by atoms with Gasteiger partial charge < -0.3 is 0 Å². The van der Waals surface area contributed by atoms with E-state index in [4.69, 9.17) is 23.2 Å². The van der Waals surface area contributed by atoms with Crippen LogP contribution >= 0.6 is 23.2 Å². The predicted octanol–water partition coefficient (Wildman–Crippen LogP) is 2.04. The lowest BCUT2D eigenvalue weighted by Gasteiger charge is -2.27. The summed E-state index contributed by atoms with van der Waals surface area (Å²) in [5, 5.41) is 0.693. The highest BCUT2D eigenvalue weighted by molar-refractivity contribution is 7.90. The molecule has 9 heteroatoms. The van der Waals surface area contributed by atoms with E-state index >= 15 is 0 Å². The zero-order valence-corrected chi connectivity index (χ0v) is 15.2. The standard InChI is InChI=1S/C15H15Cl2N3O3S/c1-24(22,23)15-18-13-8-20(5-4-10(13)14(21)19-15)7-9-2-3-11(16)12(17)6-9/h2-3,6H,4-5,7-8H2,1H3,(H,18,19,21). The first-order chi connectivity index (χ1) is 11.2. The number of rotatable bonds is 3. The lowest BCUT2D eigenvalue weighted by Crippen LogP contribution is -2.35. The number of aromatic amines is 1. The molecule has 0 unspecified atom stereocenters. The van der Waals surface area contributed by atoms with Crippen molar-refractivity contribution in [2.75, 3.05) is 12.8 Å². The lowest BCUT2D eigenvalue weighted by atomic mass is 10.1. The molecule has 0 atom stereocenters. The van der Waals surface area contributed by atoms with Crippen LogP contribution in [0.25, 0.3) is 0 Å². The van der Waals surface area contributed by atoms with Crippen molar-refractivity contribution in [1.29, 1.82) is 0 Å². The quantitative estimate of drug-likeness (QED) is 0.814. The fraction of sp³-hybridized carbons (Fsp3) is 0.333. The molecule has 0 saturated carbocycles. The van der Waals surface area contributed by atoms with E-state index in [1.807, 2.05) is 6.07 Å². The fourth-order valence-corrected chi connectivity index (χ4v) is 3.55. The van der Waals surface area contributed by atoms with E-state index in [9.17, 15) is 13.2 Å². The predicted molar refractivity (Wildman–Crippen MR) is 92.2 cm³/mol. The van der Waals surface area contributed by atoms with Crippen LogP contribution < -0.4 is 5.56 Å². The Hall–Kier alpha value is -1.41. The van der Waals surface area contributed by atoms with Gasteiger partial charge in [0.1, 0.15) is 0 Å². The Kier molecular flexibility index (Phi) is 4.70. The summed E-state index contributed by atoms with van der Waals surface area (Å²) < 4.78 is 23.3. The van der Waals surface area contributed by atoms with Crippen molar-refractivity contribution in [3.8, 4) is 0 Å². The van der Waals surface area contributed by atoms with Gasteiger partial charge in [-0.05, 0) is 24.1 Å². The third kappa shape index (κ3) is 3.64. The van der Waals surface area contributed by atoms with E-state index in [0.717, 1.165) is 11.8 Å². The van der Waals surface area contributed by atoms with Crippen LogP contribution in [0.1, 0.15) is 16.8 Å². The molecule has 24 heavy (non-hydrogen) atoms. The Morgan fingerprint density at radius 2 is 2.04 bits per heavy atom. The molecule has 0 spiro atoms. The molecule has 2 heterocycles. The van der Waals surface area contributed by atoms with Crippen molar-refractivity contribution in [3.05, 3.63) is 55.4 Å². The minimum absolute atomic E-state index is 0.289. The van der Waals surface area contributed by atoms with E-state index < -0.39 is 9.84 Å². The molecule has 3 rings (SSSR count). The first kappa shape index (κ1) is 17.4. The number of aromatic nitrogens is 2. The van der Waals surface area contributed by atoms with Crippen molar-refractivity contribution < 1.29 is 8.42 Å². The van der Waals surface area contributed by atoms with Gasteiger partial charge >= 0.3 is 0 Å². The number of H-pyrrole nitrogens is 1. The van der Waals surface area contributed by atoms with E-state index in [-0.39, 0.29) is 10.7 Å². The Balaban J connectivity index is 1.87. The number of sulfone groups is 1. The minimum Gasteiger partial charge on any atom is -0.297 e. The largest absolute Gasteiger partial charge is 0.297 e. The molecular weight excluding hydrogens is 373 g/mol. The van der Waals surface area contributed by atoms with Gasteiger partial charge in [-0.15, -0.1) is 0 Å². The lowest BCUT2D eigenvalue weighted by molar-refractivity contribution is 0.239. The molecule has 1 aliphatic rings. The minimum atomic E-state index is -3.56. The van der Waals surface area contributed by atoms with Gasteiger partial charge in [-0.2, -0.15) is 0 Å². The van der Waals surface area contributed by atoms with Crippen LogP contribution in [0, 0.1) is 0 Å². The summed E-state index contributed by atoms with van der Waals surface area (Å²) in [4.78, 5) is 20.6. The van der Waals surface area contributed by atoms with Crippen molar-refractivity contribution in [1.82, 2.24) is 14.9 Å². The summed E-state index contributed by atoms with van der Waals surface area (Å²) >= 11 is 11.9. The second-order valence-electron chi connectivity index (χ2n) is 5.78. The molecule has 0 fully saturated rings. The molecule has 1 N–H and O–H groups in total. The molecule has 1 aromatic carbocycles. The number of benzene rings is 1. The summed E-state index contributed by atoms with van der Waals surface area (Å²) in [6.07, 6.45) is 1.54. The molecule has 2 aromatic rings. The van der Waals surface area contributed by atoms with Crippen LogP contribution in [0.4, 0.5) is 0 Å². The van der Waals surface area contributed by atoms with Crippen LogP contribution in [0.15, 0.2) is 28.2 Å². The third-order valence-electron chi connectivity index (χ3n) is 3.87. The van der Waals surface area contributed by atoms with Gasteiger partial charge in [-0.1, -0.05) is 29.3 Å². The zero-order valence-electron chi connectivity index (χ0n) is 12.8. The number of hydrogen-bond acceptors (Lipinski definition) is 5. The SMILES string of the molecule is CS(=O)(=O)c1nc2c(c(=O)[nH]1)CCN(Cc1ccc(Cl)c(Cl)c1)C2. The highest BCUT2D eigenvalue weighted by atomic mass is 35.5. The van der Waals surface area contributed by atoms with E-state index in [1.165, 1.54) is 0 Å². The zero-order chi connectivity index (χ0) is 17.5. The van der Waals surface area contributed by atoms with Crippen LogP contribution in [0.5, 0.6) is 0 Å². The molecule has 0 aliphatic carbocycles. The third-order valence-corrected chi connectivity index (χ3v) is 5.51. The summed E-state index contributed by atoms with van der Waals surface area (Å²) in [5.74, 6) is 0. The number of nitrogens with one attached hydrogen (secondary N) is 1. The summed E-state index contributed by atoms with van der Waals surface area (Å²) in [5.41, 5.74) is 1.66. The highest BCUT2D eigenvalue weighted by Gasteiger charge is 2.23. The monoisotopic (exact) mass is 387 g/mol. The smallest absolute Gasteiger partial charge is 0.255 e. The second-order valence-corrected chi connectivity index (χ2v) is 8.52.